The fraction of sp³-hybridized carbons (Fsp3) is 0. The predicted molar refractivity (Wildman–Crippen MR) is 264 cm³/mol. The monoisotopic (exact) mass is 831 g/mol. The van der Waals surface area contributed by atoms with Gasteiger partial charge in [0.25, 0.3) is 0 Å². The molecule has 0 aliphatic heterocycles. The number of furan rings is 1. The lowest BCUT2D eigenvalue weighted by Gasteiger charge is -2.12. The summed E-state index contributed by atoms with van der Waals surface area (Å²) < 4.78 is 6.46. The van der Waals surface area contributed by atoms with Crippen molar-refractivity contribution in [2.75, 3.05) is 0 Å². The van der Waals surface area contributed by atoms with Gasteiger partial charge in [0, 0.05) is 44.2 Å². The van der Waals surface area contributed by atoms with Gasteiger partial charge < -0.3 is 4.42 Å². The van der Waals surface area contributed by atoms with Crippen molar-refractivity contribution in [3.05, 3.63) is 224 Å². The van der Waals surface area contributed by atoms with Crippen LogP contribution in [-0.4, -0.2) is 24.9 Å². The molecular weight excluding hydrogens is 795 g/mol. The largest absolute Gasteiger partial charge is 0.456 e. The van der Waals surface area contributed by atoms with Gasteiger partial charge in [0.2, 0.25) is 0 Å². The predicted octanol–water partition coefficient (Wildman–Crippen LogP) is 15.1. The van der Waals surface area contributed by atoms with Crippen molar-refractivity contribution in [3.8, 4) is 90.3 Å². The average molecular weight is 832 g/mol. The smallest absolute Gasteiger partial charge is 0.164 e. The van der Waals surface area contributed by atoms with Gasteiger partial charge in [-0.05, 0) is 75.5 Å². The summed E-state index contributed by atoms with van der Waals surface area (Å²) in [7, 11) is 0. The van der Waals surface area contributed by atoms with E-state index in [1.165, 1.54) is 10.9 Å². The normalized spacial score (nSPS) is 11.4. The lowest BCUT2D eigenvalue weighted by atomic mass is 9.98. The third kappa shape index (κ3) is 7.39. The van der Waals surface area contributed by atoms with Crippen LogP contribution < -0.4 is 0 Å². The molecule has 12 rings (SSSR count). The SMILES string of the molecule is c1ccc(-c2ccc(-c3cc(-c4cccc(-c5cccc(-c6nc(-c7ccccc7)nc(-c7ccc8c(c7)oc7cc9ccccc9cc78)n6)c5)c4)nc(-c4ccccc4)n3)cc2)cc1. The van der Waals surface area contributed by atoms with Gasteiger partial charge in [-0.3, -0.25) is 0 Å². The molecular formula is C59H37N5O. The molecule has 0 radical (unpaired) electrons. The fourth-order valence-corrected chi connectivity index (χ4v) is 8.57. The van der Waals surface area contributed by atoms with E-state index >= 15 is 0 Å². The number of rotatable bonds is 8. The molecule has 6 nitrogen and oxygen atoms in total. The van der Waals surface area contributed by atoms with Crippen LogP contribution in [0.15, 0.2) is 229 Å². The molecule has 0 atom stereocenters. The van der Waals surface area contributed by atoms with Crippen LogP contribution in [0.2, 0.25) is 0 Å². The second kappa shape index (κ2) is 16.1. The van der Waals surface area contributed by atoms with Gasteiger partial charge in [0.1, 0.15) is 11.2 Å². The van der Waals surface area contributed by atoms with E-state index in [1.807, 2.05) is 60.7 Å². The van der Waals surface area contributed by atoms with E-state index in [4.69, 9.17) is 29.3 Å². The Morgan fingerprint density at radius 1 is 0.231 bits per heavy atom. The zero-order valence-corrected chi connectivity index (χ0v) is 35.0. The Balaban J connectivity index is 0.923. The number of nitrogens with zero attached hydrogens (tertiary/aromatic N) is 5. The van der Waals surface area contributed by atoms with E-state index in [9.17, 15) is 0 Å². The van der Waals surface area contributed by atoms with Gasteiger partial charge in [0.15, 0.2) is 23.3 Å². The lowest BCUT2D eigenvalue weighted by Crippen LogP contribution is -2.00. The van der Waals surface area contributed by atoms with Crippen molar-refractivity contribution in [2.24, 2.45) is 0 Å². The van der Waals surface area contributed by atoms with Gasteiger partial charge in [-0.2, -0.15) is 0 Å². The first-order chi connectivity index (χ1) is 32.1. The molecule has 3 heterocycles. The van der Waals surface area contributed by atoms with Crippen LogP contribution in [0.3, 0.4) is 0 Å². The zero-order valence-electron chi connectivity index (χ0n) is 35.0. The van der Waals surface area contributed by atoms with Crippen molar-refractivity contribution in [1.82, 2.24) is 24.9 Å². The van der Waals surface area contributed by atoms with Crippen LogP contribution in [0.5, 0.6) is 0 Å². The van der Waals surface area contributed by atoms with Gasteiger partial charge in [-0.25, -0.2) is 24.9 Å². The number of fused-ring (bicyclic) bond motifs is 4. The first-order valence-corrected chi connectivity index (χ1v) is 21.6. The minimum atomic E-state index is 0.567. The molecule has 0 unspecified atom stereocenters. The summed E-state index contributed by atoms with van der Waals surface area (Å²) in [6.45, 7) is 0. The first kappa shape index (κ1) is 37.9. The summed E-state index contributed by atoms with van der Waals surface area (Å²) in [5.41, 5.74) is 13.3. The van der Waals surface area contributed by atoms with E-state index in [0.29, 0.717) is 23.3 Å². The van der Waals surface area contributed by atoms with Crippen LogP contribution in [0.4, 0.5) is 0 Å². The Morgan fingerprint density at radius 3 is 1.29 bits per heavy atom. The second-order valence-electron chi connectivity index (χ2n) is 16.1. The maximum absolute atomic E-state index is 6.46. The molecule has 0 spiro atoms. The van der Waals surface area contributed by atoms with Gasteiger partial charge in [-0.15, -0.1) is 0 Å². The van der Waals surface area contributed by atoms with Crippen LogP contribution in [-0.2, 0) is 0 Å². The highest BCUT2D eigenvalue weighted by atomic mass is 16.3. The summed E-state index contributed by atoms with van der Waals surface area (Å²) in [5.74, 6) is 2.41. The molecule has 0 amide bonds. The number of hydrogen-bond donors (Lipinski definition) is 0. The molecule has 3 aromatic heterocycles. The van der Waals surface area contributed by atoms with Crippen molar-refractivity contribution in [1.29, 1.82) is 0 Å². The third-order valence-corrected chi connectivity index (χ3v) is 11.9. The van der Waals surface area contributed by atoms with Crippen LogP contribution in [0, 0.1) is 0 Å². The van der Waals surface area contributed by atoms with Crippen molar-refractivity contribution in [2.45, 2.75) is 0 Å². The molecule has 0 aliphatic rings. The quantitative estimate of drug-likeness (QED) is 0.152. The van der Waals surface area contributed by atoms with Crippen LogP contribution in [0.1, 0.15) is 0 Å². The molecule has 6 heteroatoms. The topological polar surface area (TPSA) is 77.6 Å². The molecule has 0 aliphatic carbocycles. The minimum absolute atomic E-state index is 0.567. The van der Waals surface area contributed by atoms with Crippen LogP contribution in [0.25, 0.3) is 123 Å². The highest BCUT2D eigenvalue weighted by Gasteiger charge is 2.17. The summed E-state index contributed by atoms with van der Waals surface area (Å²) in [5, 5.41) is 4.45. The van der Waals surface area contributed by atoms with E-state index in [0.717, 1.165) is 88.8 Å². The Morgan fingerprint density at radius 2 is 0.646 bits per heavy atom. The second-order valence-corrected chi connectivity index (χ2v) is 16.1. The summed E-state index contributed by atoms with van der Waals surface area (Å²) in [4.78, 5) is 25.4. The highest BCUT2D eigenvalue weighted by Crippen LogP contribution is 2.36. The third-order valence-electron chi connectivity index (χ3n) is 11.9. The van der Waals surface area contributed by atoms with E-state index in [2.05, 4.69) is 164 Å². The zero-order chi connectivity index (χ0) is 43.1. The molecule has 12 aromatic rings. The summed E-state index contributed by atoms with van der Waals surface area (Å²) in [6.07, 6.45) is 0. The number of aromatic nitrogens is 5. The minimum Gasteiger partial charge on any atom is -0.456 e. The molecule has 0 saturated carbocycles. The standard InChI is InChI=1S/C59H37N5O/c1-4-14-38(15-5-1)39-26-28-40(29-27-39)52-37-53(61-56(60-52)41-16-6-2-7-17-41)47-24-12-22-43(32-47)44-23-13-25-48(33-44)58-62-57(42-18-8-3-9-19-42)63-59(64-58)49-30-31-50-51-34-45-20-10-11-21-46(45)35-55(51)65-54(50)36-49/h1-37H. The lowest BCUT2D eigenvalue weighted by molar-refractivity contribution is 0.669. The Hall–Kier alpha value is -8.87. The maximum atomic E-state index is 6.46. The van der Waals surface area contributed by atoms with Gasteiger partial charge in [0.05, 0.1) is 11.4 Å². The Labute approximate surface area is 375 Å². The number of hydrogen-bond acceptors (Lipinski definition) is 6. The van der Waals surface area contributed by atoms with E-state index < -0.39 is 0 Å². The van der Waals surface area contributed by atoms with Gasteiger partial charge in [-0.1, -0.05) is 182 Å². The summed E-state index contributed by atoms with van der Waals surface area (Å²) in [6, 6.07) is 77.1. The van der Waals surface area contributed by atoms with Crippen molar-refractivity contribution < 1.29 is 4.42 Å². The fourth-order valence-electron chi connectivity index (χ4n) is 8.57. The van der Waals surface area contributed by atoms with Crippen LogP contribution >= 0.6 is 0 Å². The molecule has 0 bridgehead atoms. The molecule has 304 valence electrons. The first-order valence-electron chi connectivity index (χ1n) is 21.6. The molecule has 65 heavy (non-hydrogen) atoms. The Bertz CT molecular complexity index is 3700. The highest BCUT2D eigenvalue weighted by molar-refractivity contribution is 6.10. The maximum Gasteiger partial charge on any atom is 0.164 e. The molecule has 0 saturated heterocycles. The van der Waals surface area contributed by atoms with E-state index in [-0.39, 0.29) is 0 Å². The molecule has 0 fully saturated rings. The Kier molecular flexibility index (Phi) is 9.38. The van der Waals surface area contributed by atoms with Crippen molar-refractivity contribution in [3.63, 3.8) is 0 Å². The number of benzene rings is 9. The van der Waals surface area contributed by atoms with Crippen molar-refractivity contribution >= 4 is 32.7 Å². The molecule has 9 aromatic carbocycles. The molecule has 0 N–H and O–H groups in total. The van der Waals surface area contributed by atoms with Gasteiger partial charge >= 0.3 is 0 Å². The summed E-state index contributed by atoms with van der Waals surface area (Å²) >= 11 is 0. The average Bonchev–Trinajstić information content (AvgIpc) is 3.75. The van der Waals surface area contributed by atoms with E-state index in [1.54, 1.807) is 0 Å².